The quantitative estimate of drug-likeness (QED) is 0.797. The third kappa shape index (κ3) is 2.48. The fourth-order valence-corrected chi connectivity index (χ4v) is 2.00. The number of ether oxygens (including phenoxy) is 1. The molecule has 0 saturated carbocycles. The number of fused-ring (bicyclic) bond motifs is 1. The molecule has 19 heavy (non-hydrogen) atoms. The summed E-state index contributed by atoms with van der Waals surface area (Å²) in [4.78, 5) is 4.26. The van der Waals surface area contributed by atoms with Crippen LogP contribution in [0.4, 0.5) is 0 Å². The van der Waals surface area contributed by atoms with Crippen molar-refractivity contribution in [2.75, 3.05) is 0 Å². The van der Waals surface area contributed by atoms with Crippen LogP contribution in [0.5, 0.6) is 11.5 Å². The second-order valence-corrected chi connectivity index (χ2v) is 4.55. The zero-order valence-electron chi connectivity index (χ0n) is 9.95. The molecule has 0 aliphatic heterocycles. The molecular formula is C14H11ClN2O2. The third-order valence-corrected chi connectivity index (χ3v) is 2.99. The molecule has 0 amide bonds. The van der Waals surface area contributed by atoms with E-state index < -0.39 is 0 Å². The Morgan fingerprint density at radius 1 is 1.26 bits per heavy atom. The Balaban J connectivity index is 1.82. The van der Waals surface area contributed by atoms with Crippen molar-refractivity contribution in [2.24, 2.45) is 0 Å². The summed E-state index contributed by atoms with van der Waals surface area (Å²) in [6, 6.07) is 10.3. The Hall–Kier alpha value is -2.20. The van der Waals surface area contributed by atoms with Gasteiger partial charge in [0.1, 0.15) is 23.8 Å². The van der Waals surface area contributed by atoms with Gasteiger partial charge in [-0.15, -0.1) is 0 Å². The molecule has 3 aromatic rings. The van der Waals surface area contributed by atoms with E-state index in [-0.39, 0.29) is 5.75 Å². The lowest BCUT2D eigenvalue weighted by Gasteiger charge is -2.06. The normalized spacial score (nSPS) is 10.8. The number of phenols is 1. The predicted octanol–water partition coefficient (Wildman–Crippen LogP) is 3.27. The van der Waals surface area contributed by atoms with Gasteiger partial charge in [-0.25, -0.2) is 4.98 Å². The van der Waals surface area contributed by atoms with E-state index in [1.807, 2.05) is 10.6 Å². The summed E-state index contributed by atoms with van der Waals surface area (Å²) in [5.74, 6) is 0.798. The van der Waals surface area contributed by atoms with Gasteiger partial charge in [-0.1, -0.05) is 17.7 Å². The monoisotopic (exact) mass is 274 g/mol. The first kappa shape index (κ1) is 11.9. The summed E-state index contributed by atoms with van der Waals surface area (Å²) in [6.45, 7) is 0.367. The highest BCUT2D eigenvalue weighted by molar-refractivity contribution is 6.30. The Morgan fingerprint density at radius 3 is 3.00 bits per heavy atom. The molecule has 1 N–H and O–H groups in total. The van der Waals surface area contributed by atoms with Crippen LogP contribution < -0.4 is 4.74 Å². The zero-order valence-corrected chi connectivity index (χ0v) is 10.7. The molecule has 3 rings (SSSR count). The van der Waals surface area contributed by atoms with Crippen LogP contribution in [0, 0.1) is 0 Å². The van der Waals surface area contributed by atoms with Gasteiger partial charge in [-0.05, 0) is 24.3 Å². The molecule has 0 aliphatic rings. The Kier molecular flexibility index (Phi) is 3.01. The van der Waals surface area contributed by atoms with Gasteiger partial charge >= 0.3 is 0 Å². The number of imidazole rings is 1. The maximum atomic E-state index is 9.36. The number of nitrogens with zero attached hydrogens (tertiary/aromatic N) is 2. The number of aromatic hydroxyl groups is 1. The van der Waals surface area contributed by atoms with E-state index in [0.717, 1.165) is 11.3 Å². The minimum atomic E-state index is 0.183. The van der Waals surface area contributed by atoms with E-state index in [0.29, 0.717) is 17.4 Å². The lowest BCUT2D eigenvalue weighted by molar-refractivity contribution is 0.298. The van der Waals surface area contributed by atoms with Crippen molar-refractivity contribution in [1.29, 1.82) is 0 Å². The van der Waals surface area contributed by atoms with Crippen LogP contribution in [0.25, 0.3) is 5.65 Å². The van der Waals surface area contributed by atoms with Gasteiger partial charge in [0, 0.05) is 17.3 Å². The van der Waals surface area contributed by atoms with Crippen LogP contribution in [0.2, 0.25) is 5.02 Å². The number of halogens is 1. The van der Waals surface area contributed by atoms with Crippen LogP contribution in [0.15, 0.2) is 48.8 Å². The summed E-state index contributed by atoms with van der Waals surface area (Å²) >= 11 is 5.91. The fraction of sp³-hybridized carbons (Fsp3) is 0.0714. The summed E-state index contributed by atoms with van der Waals surface area (Å²) < 4.78 is 7.53. The molecule has 0 bridgehead atoms. The van der Waals surface area contributed by atoms with E-state index >= 15 is 0 Å². The van der Waals surface area contributed by atoms with Crippen molar-refractivity contribution < 1.29 is 9.84 Å². The second-order valence-electron chi connectivity index (χ2n) is 4.11. The van der Waals surface area contributed by atoms with Crippen LogP contribution >= 0.6 is 11.6 Å². The minimum Gasteiger partial charge on any atom is -0.508 e. The average molecular weight is 275 g/mol. The maximum Gasteiger partial charge on any atom is 0.138 e. The second kappa shape index (κ2) is 4.82. The lowest BCUT2D eigenvalue weighted by atomic mass is 10.3. The lowest BCUT2D eigenvalue weighted by Crippen LogP contribution is -1.99. The smallest absolute Gasteiger partial charge is 0.138 e. The highest BCUT2D eigenvalue weighted by Crippen LogP contribution is 2.19. The van der Waals surface area contributed by atoms with Crippen molar-refractivity contribution in [3.8, 4) is 11.5 Å². The van der Waals surface area contributed by atoms with Crippen molar-refractivity contribution in [2.45, 2.75) is 6.61 Å². The van der Waals surface area contributed by atoms with Crippen molar-refractivity contribution in [3.05, 3.63) is 59.5 Å². The molecular weight excluding hydrogens is 264 g/mol. The van der Waals surface area contributed by atoms with Gasteiger partial charge in [-0.3, -0.25) is 0 Å². The summed E-state index contributed by atoms with van der Waals surface area (Å²) in [5, 5.41) is 10.0. The van der Waals surface area contributed by atoms with Crippen LogP contribution in [0.3, 0.4) is 0 Å². The molecule has 96 valence electrons. The number of phenolic OH excluding ortho intramolecular Hbond substituents is 1. The van der Waals surface area contributed by atoms with Crippen LogP contribution in [-0.4, -0.2) is 14.5 Å². The largest absolute Gasteiger partial charge is 0.508 e. The van der Waals surface area contributed by atoms with E-state index in [1.54, 1.807) is 42.6 Å². The van der Waals surface area contributed by atoms with Gasteiger partial charge in [0.15, 0.2) is 0 Å². The van der Waals surface area contributed by atoms with E-state index in [2.05, 4.69) is 4.98 Å². The highest BCUT2D eigenvalue weighted by Gasteiger charge is 2.04. The standard InChI is InChI=1S/C14H11ClN2O2/c15-10-4-5-17-11(8-16-14(17)6-10)9-19-13-3-1-2-12(18)7-13/h1-8,18H,9H2. The highest BCUT2D eigenvalue weighted by atomic mass is 35.5. The van der Waals surface area contributed by atoms with Gasteiger partial charge < -0.3 is 14.2 Å². The summed E-state index contributed by atoms with van der Waals surface area (Å²) in [6.07, 6.45) is 3.60. The molecule has 0 unspecified atom stereocenters. The van der Waals surface area contributed by atoms with Crippen molar-refractivity contribution in [1.82, 2.24) is 9.38 Å². The third-order valence-electron chi connectivity index (χ3n) is 2.76. The number of benzene rings is 1. The van der Waals surface area contributed by atoms with E-state index in [4.69, 9.17) is 16.3 Å². The molecule has 0 atom stereocenters. The van der Waals surface area contributed by atoms with Crippen LogP contribution in [-0.2, 0) is 6.61 Å². The topological polar surface area (TPSA) is 46.8 Å². The molecule has 2 heterocycles. The molecule has 4 nitrogen and oxygen atoms in total. The van der Waals surface area contributed by atoms with Gasteiger partial charge in [0.25, 0.3) is 0 Å². The van der Waals surface area contributed by atoms with Gasteiger partial charge in [0.05, 0.1) is 11.9 Å². The van der Waals surface area contributed by atoms with Gasteiger partial charge in [0.2, 0.25) is 0 Å². The Labute approximate surface area is 114 Å². The summed E-state index contributed by atoms with van der Waals surface area (Å²) in [7, 11) is 0. The number of hydrogen-bond donors (Lipinski definition) is 1. The van der Waals surface area contributed by atoms with E-state index in [9.17, 15) is 5.11 Å². The Bertz CT molecular complexity index is 724. The molecule has 5 heteroatoms. The zero-order chi connectivity index (χ0) is 13.2. The SMILES string of the molecule is Oc1cccc(OCc2cnc3cc(Cl)ccn23)c1. The summed E-state index contributed by atoms with van der Waals surface area (Å²) in [5.41, 5.74) is 1.69. The number of pyridine rings is 1. The number of hydrogen-bond acceptors (Lipinski definition) is 3. The Morgan fingerprint density at radius 2 is 2.16 bits per heavy atom. The molecule has 2 aromatic heterocycles. The van der Waals surface area contributed by atoms with Crippen LogP contribution in [0.1, 0.15) is 5.69 Å². The first-order valence-electron chi connectivity index (χ1n) is 5.76. The predicted molar refractivity (Wildman–Crippen MR) is 72.6 cm³/mol. The average Bonchev–Trinajstić information content (AvgIpc) is 2.78. The van der Waals surface area contributed by atoms with Gasteiger partial charge in [-0.2, -0.15) is 0 Å². The van der Waals surface area contributed by atoms with Crippen molar-refractivity contribution >= 4 is 17.2 Å². The molecule has 0 aliphatic carbocycles. The fourth-order valence-electron chi connectivity index (χ4n) is 1.85. The number of rotatable bonds is 3. The minimum absolute atomic E-state index is 0.183. The van der Waals surface area contributed by atoms with Crippen molar-refractivity contribution in [3.63, 3.8) is 0 Å². The molecule has 0 spiro atoms. The number of aromatic nitrogens is 2. The first-order valence-corrected chi connectivity index (χ1v) is 6.13. The molecule has 0 radical (unpaired) electrons. The molecule has 0 fully saturated rings. The molecule has 0 saturated heterocycles. The first-order chi connectivity index (χ1) is 9.22. The molecule has 1 aromatic carbocycles. The maximum absolute atomic E-state index is 9.36. The van der Waals surface area contributed by atoms with E-state index in [1.165, 1.54) is 0 Å².